The maximum atomic E-state index is 12.3. The molecule has 0 aromatic heterocycles. The van der Waals surface area contributed by atoms with Gasteiger partial charge in [-0.1, -0.05) is 28.1 Å². The van der Waals surface area contributed by atoms with E-state index < -0.39 is 0 Å². The molecule has 2 atom stereocenters. The summed E-state index contributed by atoms with van der Waals surface area (Å²) in [4.78, 5) is 14.3. The average Bonchev–Trinajstić information content (AvgIpc) is 3.31. The molecule has 1 heterocycles. The van der Waals surface area contributed by atoms with E-state index in [1.165, 1.54) is 0 Å². The van der Waals surface area contributed by atoms with Crippen molar-refractivity contribution in [3.05, 3.63) is 58.6 Å². The SMILES string of the molecule is CCOC(=O)[C@H]1[C@@H](c2ccc(Br)cc2)N1c1ccc(OC)cc1. The van der Waals surface area contributed by atoms with Gasteiger partial charge in [0.1, 0.15) is 5.75 Å². The van der Waals surface area contributed by atoms with E-state index in [0.717, 1.165) is 21.5 Å². The molecule has 0 amide bonds. The lowest BCUT2D eigenvalue weighted by Crippen LogP contribution is -2.15. The van der Waals surface area contributed by atoms with Gasteiger partial charge in [0, 0.05) is 10.2 Å². The maximum absolute atomic E-state index is 12.3. The van der Waals surface area contributed by atoms with Gasteiger partial charge in [0.15, 0.2) is 6.04 Å². The summed E-state index contributed by atoms with van der Waals surface area (Å²) in [6.07, 6.45) is 0. The number of anilines is 1. The lowest BCUT2D eigenvalue weighted by Gasteiger charge is -2.07. The minimum atomic E-state index is -0.274. The molecule has 0 aliphatic carbocycles. The van der Waals surface area contributed by atoms with Crippen LogP contribution < -0.4 is 9.64 Å². The summed E-state index contributed by atoms with van der Waals surface area (Å²) in [7, 11) is 1.64. The number of nitrogens with zero attached hydrogens (tertiary/aromatic N) is 1. The standard InChI is InChI=1S/C18H18BrNO3/c1-3-23-18(21)17-16(12-4-6-13(19)7-5-12)20(17)14-8-10-15(22-2)11-9-14/h4-11,16-17H,3H2,1-2H3/t16-,17-,20?/m1/s1. The Balaban J connectivity index is 1.88. The molecule has 2 aromatic rings. The van der Waals surface area contributed by atoms with Gasteiger partial charge < -0.3 is 14.4 Å². The van der Waals surface area contributed by atoms with Crippen molar-refractivity contribution in [1.29, 1.82) is 0 Å². The normalized spacial score (nSPS) is 19.3. The zero-order valence-corrected chi connectivity index (χ0v) is 14.6. The number of benzene rings is 2. The van der Waals surface area contributed by atoms with E-state index in [-0.39, 0.29) is 18.1 Å². The molecule has 120 valence electrons. The third-order valence-corrected chi connectivity index (χ3v) is 4.45. The smallest absolute Gasteiger partial charge is 0.331 e. The quantitative estimate of drug-likeness (QED) is 0.585. The molecule has 3 rings (SSSR count). The van der Waals surface area contributed by atoms with Crippen molar-refractivity contribution >= 4 is 27.6 Å². The first kappa shape index (κ1) is 15.9. The number of methoxy groups -OCH3 is 1. The van der Waals surface area contributed by atoms with Crippen LogP contribution >= 0.6 is 15.9 Å². The molecule has 1 aliphatic rings. The highest BCUT2D eigenvalue weighted by Crippen LogP contribution is 2.47. The van der Waals surface area contributed by atoms with E-state index in [2.05, 4.69) is 20.8 Å². The molecule has 4 nitrogen and oxygen atoms in total. The fourth-order valence-electron chi connectivity index (χ4n) is 2.78. The highest BCUT2D eigenvalue weighted by Gasteiger charge is 2.54. The number of hydrogen-bond acceptors (Lipinski definition) is 4. The van der Waals surface area contributed by atoms with Crippen LogP contribution in [0.15, 0.2) is 53.0 Å². The Morgan fingerprint density at radius 1 is 1.13 bits per heavy atom. The molecule has 0 N–H and O–H groups in total. The summed E-state index contributed by atoms with van der Waals surface area (Å²) < 4.78 is 11.4. The molecular weight excluding hydrogens is 358 g/mol. The summed E-state index contributed by atoms with van der Waals surface area (Å²) in [5.41, 5.74) is 2.08. The van der Waals surface area contributed by atoms with Crippen LogP contribution in [-0.2, 0) is 9.53 Å². The van der Waals surface area contributed by atoms with E-state index in [4.69, 9.17) is 9.47 Å². The Bertz CT molecular complexity index is 684. The highest BCUT2D eigenvalue weighted by molar-refractivity contribution is 9.10. The predicted octanol–water partition coefficient (Wildman–Crippen LogP) is 3.95. The first-order valence-corrected chi connectivity index (χ1v) is 8.29. The van der Waals surface area contributed by atoms with Gasteiger partial charge in [0.05, 0.1) is 19.8 Å². The summed E-state index contributed by atoms with van der Waals surface area (Å²) in [5.74, 6) is 0.611. The Hall–Kier alpha value is -2.01. The third-order valence-electron chi connectivity index (χ3n) is 3.92. The molecule has 23 heavy (non-hydrogen) atoms. The summed E-state index contributed by atoms with van der Waals surface area (Å²) in [6, 6.07) is 15.5. The number of esters is 1. The van der Waals surface area contributed by atoms with Crippen molar-refractivity contribution < 1.29 is 14.3 Å². The van der Waals surface area contributed by atoms with Crippen LogP contribution in [0.2, 0.25) is 0 Å². The number of hydrogen-bond donors (Lipinski definition) is 0. The van der Waals surface area contributed by atoms with Gasteiger partial charge in [-0.2, -0.15) is 0 Å². The van der Waals surface area contributed by atoms with Crippen molar-refractivity contribution in [1.82, 2.24) is 0 Å². The molecule has 0 saturated carbocycles. The van der Waals surface area contributed by atoms with Gasteiger partial charge in [-0.25, -0.2) is 4.79 Å². The molecule has 0 radical (unpaired) electrons. The number of halogens is 1. The van der Waals surface area contributed by atoms with Crippen LogP contribution in [0.4, 0.5) is 5.69 Å². The van der Waals surface area contributed by atoms with Gasteiger partial charge in [-0.15, -0.1) is 0 Å². The Morgan fingerprint density at radius 2 is 1.78 bits per heavy atom. The van der Waals surface area contributed by atoms with E-state index >= 15 is 0 Å². The second kappa shape index (κ2) is 6.62. The minimum absolute atomic E-state index is 0.00976. The van der Waals surface area contributed by atoms with Gasteiger partial charge in [-0.3, -0.25) is 0 Å². The highest BCUT2D eigenvalue weighted by atomic mass is 79.9. The fraction of sp³-hybridized carbons (Fsp3) is 0.278. The molecule has 0 spiro atoms. The van der Waals surface area contributed by atoms with Crippen LogP contribution in [0.1, 0.15) is 18.5 Å². The summed E-state index contributed by atoms with van der Waals surface area (Å²) in [6.45, 7) is 2.21. The fourth-order valence-corrected chi connectivity index (χ4v) is 3.04. The molecule has 1 saturated heterocycles. The first-order valence-electron chi connectivity index (χ1n) is 7.50. The Kier molecular flexibility index (Phi) is 4.57. The molecule has 0 unspecified atom stereocenters. The largest absolute Gasteiger partial charge is 0.497 e. The van der Waals surface area contributed by atoms with Gasteiger partial charge in [-0.05, 0) is 48.9 Å². The third kappa shape index (κ3) is 3.20. The Labute approximate surface area is 144 Å². The zero-order valence-electron chi connectivity index (χ0n) is 13.0. The van der Waals surface area contributed by atoms with Crippen LogP contribution in [-0.4, -0.2) is 25.7 Å². The van der Waals surface area contributed by atoms with Crippen molar-refractivity contribution in [3.8, 4) is 5.75 Å². The van der Waals surface area contributed by atoms with Crippen molar-refractivity contribution in [3.63, 3.8) is 0 Å². The average molecular weight is 376 g/mol. The number of carbonyl (C=O) groups excluding carboxylic acids is 1. The summed E-state index contributed by atoms with van der Waals surface area (Å²) in [5, 5.41) is 0. The minimum Gasteiger partial charge on any atom is -0.497 e. The lowest BCUT2D eigenvalue weighted by atomic mass is 10.1. The molecule has 1 aliphatic heterocycles. The first-order chi connectivity index (χ1) is 11.2. The molecule has 2 aromatic carbocycles. The zero-order chi connectivity index (χ0) is 16.4. The molecular formula is C18H18BrNO3. The van der Waals surface area contributed by atoms with E-state index in [1.54, 1.807) is 7.11 Å². The van der Waals surface area contributed by atoms with Crippen molar-refractivity contribution in [2.24, 2.45) is 0 Å². The van der Waals surface area contributed by atoms with Crippen LogP contribution in [0, 0.1) is 0 Å². The lowest BCUT2D eigenvalue weighted by molar-refractivity contribution is -0.142. The van der Waals surface area contributed by atoms with E-state index in [9.17, 15) is 4.79 Å². The monoisotopic (exact) mass is 375 g/mol. The second-order valence-electron chi connectivity index (χ2n) is 5.30. The molecule has 0 bridgehead atoms. The molecule has 1 fully saturated rings. The van der Waals surface area contributed by atoms with E-state index in [1.807, 2.05) is 55.5 Å². The van der Waals surface area contributed by atoms with Gasteiger partial charge in [0.2, 0.25) is 0 Å². The number of ether oxygens (including phenoxy) is 2. The number of carbonyl (C=O) groups is 1. The van der Waals surface area contributed by atoms with Gasteiger partial charge >= 0.3 is 5.97 Å². The van der Waals surface area contributed by atoms with Crippen molar-refractivity contribution in [2.45, 2.75) is 19.0 Å². The predicted molar refractivity (Wildman–Crippen MR) is 92.8 cm³/mol. The summed E-state index contributed by atoms with van der Waals surface area (Å²) >= 11 is 3.44. The van der Waals surface area contributed by atoms with Crippen LogP contribution in [0.25, 0.3) is 0 Å². The van der Waals surface area contributed by atoms with E-state index in [0.29, 0.717) is 6.61 Å². The number of rotatable bonds is 5. The molecule has 5 heteroatoms. The van der Waals surface area contributed by atoms with Crippen LogP contribution in [0.3, 0.4) is 0 Å². The maximum Gasteiger partial charge on any atom is 0.331 e. The van der Waals surface area contributed by atoms with Gasteiger partial charge in [0.25, 0.3) is 0 Å². The topological polar surface area (TPSA) is 38.5 Å². The Morgan fingerprint density at radius 3 is 2.35 bits per heavy atom. The van der Waals surface area contributed by atoms with Crippen LogP contribution in [0.5, 0.6) is 5.75 Å². The van der Waals surface area contributed by atoms with Crippen molar-refractivity contribution in [2.75, 3.05) is 18.6 Å². The second-order valence-corrected chi connectivity index (χ2v) is 6.21.